The van der Waals surface area contributed by atoms with Crippen molar-refractivity contribution < 1.29 is 9.59 Å². The van der Waals surface area contributed by atoms with Crippen LogP contribution in [0.2, 0.25) is 0 Å². The fourth-order valence-corrected chi connectivity index (χ4v) is 2.08. The van der Waals surface area contributed by atoms with Gasteiger partial charge in [-0.1, -0.05) is 34.6 Å². The molecule has 0 aromatic carbocycles. The van der Waals surface area contributed by atoms with Gasteiger partial charge in [0.05, 0.1) is 6.54 Å². The minimum Gasteiger partial charge on any atom is -0.355 e. The summed E-state index contributed by atoms with van der Waals surface area (Å²) in [5.74, 6) is 0.981. The maximum atomic E-state index is 11.7. The molecular formula is C18H37N3O2. The maximum Gasteiger partial charge on any atom is 0.220 e. The van der Waals surface area contributed by atoms with Crippen molar-refractivity contribution in [2.75, 3.05) is 39.8 Å². The Morgan fingerprint density at radius 1 is 1.09 bits per heavy atom. The molecule has 2 N–H and O–H groups in total. The largest absolute Gasteiger partial charge is 0.355 e. The molecule has 136 valence electrons. The predicted molar refractivity (Wildman–Crippen MR) is 96.5 cm³/mol. The molecule has 0 aliphatic carbocycles. The van der Waals surface area contributed by atoms with Crippen LogP contribution in [-0.2, 0) is 9.59 Å². The highest BCUT2D eigenvalue weighted by Crippen LogP contribution is 2.17. The van der Waals surface area contributed by atoms with Crippen LogP contribution in [0, 0.1) is 11.3 Å². The number of carbonyl (C=O) groups is 2. The second-order valence-corrected chi connectivity index (χ2v) is 8.04. The first-order valence-electron chi connectivity index (χ1n) is 8.78. The Morgan fingerprint density at radius 2 is 1.70 bits per heavy atom. The number of ketones is 1. The minimum absolute atomic E-state index is 0.0298. The van der Waals surface area contributed by atoms with Gasteiger partial charge in [0.15, 0.2) is 0 Å². The number of amides is 1. The van der Waals surface area contributed by atoms with Gasteiger partial charge in [-0.15, -0.1) is 0 Å². The van der Waals surface area contributed by atoms with E-state index in [1.165, 1.54) is 0 Å². The van der Waals surface area contributed by atoms with Crippen molar-refractivity contribution in [1.29, 1.82) is 0 Å². The quantitative estimate of drug-likeness (QED) is 0.539. The maximum absolute atomic E-state index is 11.7. The molecule has 5 heteroatoms. The number of carbonyl (C=O) groups excluding carboxylic acids is 2. The van der Waals surface area contributed by atoms with Gasteiger partial charge in [0.1, 0.15) is 5.78 Å². The number of hydrogen-bond acceptors (Lipinski definition) is 4. The average Bonchev–Trinajstić information content (AvgIpc) is 2.39. The topological polar surface area (TPSA) is 61.4 Å². The molecule has 0 rings (SSSR count). The molecule has 0 fully saturated rings. The van der Waals surface area contributed by atoms with E-state index in [1.54, 1.807) is 0 Å². The summed E-state index contributed by atoms with van der Waals surface area (Å²) < 4.78 is 0. The Hall–Kier alpha value is -0.940. The fraction of sp³-hybridized carbons (Fsp3) is 0.889. The Kier molecular flexibility index (Phi) is 11.1. The molecular weight excluding hydrogens is 290 g/mol. The summed E-state index contributed by atoms with van der Waals surface area (Å²) in [7, 11) is 2.03. The number of hydrogen-bond donors (Lipinski definition) is 2. The first-order chi connectivity index (χ1) is 10.6. The highest BCUT2D eigenvalue weighted by atomic mass is 16.1. The van der Waals surface area contributed by atoms with E-state index in [4.69, 9.17) is 0 Å². The summed E-state index contributed by atoms with van der Waals surface area (Å²) in [5, 5.41) is 6.14. The number of Topliss-reactive ketones (excluding diaryl/α,β-unsaturated/α-hetero) is 1. The van der Waals surface area contributed by atoms with Crippen molar-refractivity contribution in [1.82, 2.24) is 15.5 Å². The van der Waals surface area contributed by atoms with Crippen molar-refractivity contribution in [3.8, 4) is 0 Å². The van der Waals surface area contributed by atoms with Crippen LogP contribution < -0.4 is 10.6 Å². The van der Waals surface area contributed by atoms with Gasteiger partial charge in [-0.05, 0) is 24.8 Å². The van der Waals surface area contributed by atoms with Gasteiger partial charge >= 0.3 is 0 Å². The van der Waals surface area contributed by atoms with Gasteiger partial charge in [-0.2, -0.15) is 0 Å². The fourth-order valence-electron chi connectivity index (χ4n) is 2.08. The van der Waals surface area contributed by atoms with Gasteiger partial charge in [0.2, 0.25) is 5.91 Å². The molecule has 5 nitrogen and oxygen atoms in total. The third-order valence-electron chi connectivity index (χ3n) is 3.50. The summed E-state index contributed by atoms with van der Waals surface area (Å²) in [6.07, 6.45) is 2.19. The van der Waals surface area contributed by atoms with Gasteiger partial charge in [0.25, 0.3) is 0 Å². The van der Waals surface area contributed by atoms with Crippen molar-refractivity contribution in [3.05, 3.63) is 0 Å². The first kappa shape index (κ1) is 22.1. The van der Waals surface area contributed by atoms with E-state index in [1.807, 2.05) is 7.05 Å². The molecule has 0 saturated carbocycles. The molecule has 0 aliphatic heterocycles. The summed E-state index contributed by atoms with van der Waals surface area (Å²) >= 11 is 0. The lowest BCUT2D eigenvalue weighted by molar-refractivity contribution is -0.123. The smallest absolute Gasteiger partial charge is 0.220 e. The van der Waals surface area contributed by atoms with E-state index in [0.717, 1.165) is 26.1 Å². The molecule has 0 aromatic heterocycles. The monoisotopic (exact) mass is 327 g/mol. The van der Waals surface area contributed by atoms with E-state index in [-0.39, 0.29) is 17.1 Å². The SMILES string of the molecule is CC(C)CCC(=O)CNCCN(C)CCNC(=O)CC(C)(C)C. The lowest BCUT2D eigenvalue weighted by Gasteiger charge is -2.19. The van der Waals surface area contributed by atoms with E-state index in [2.05, 4.69) is 50.2 Å². The second-order valence-electron chi connectivity index (χ2n) is 8.04. The lowest BCUT2D eigenvalue weighted by Crippen LogP contribution is -2.37. The standard InChI is InChI=1S/C18H37N3O2/c1-15(2)7-8-16(22)14-19-9-11-21(6)12-10-20-17(23)13-18(3,4)5/h15,19H,7-14H2,1-6H3,(H,20,23). The molecule has 0 spiro atoms. The summed E-state index contributed by atoms with van der Waals surface area (Å²) in [6, 6.07) is 0. The number of nitrogens with one attached hydrogen (secondary N) is 2. The molecule has 0 aromatic rings. The van der Waals surface area contributed by atoms with E-state index < -0.39 is 0 Å². The van der Waals surface area contributed by atoms with Crippen molar-refractivity contribution in [2.24, 2.45) is 11.3 Å². The zero-order valence-corrected chi connectivity index (χ0v) is 16.0. The van der Waals surface area contributed by atoms with Gasteiger partial charge in [0, 0.05) is 39.0 Å². The van der Waals surface area contributed by atoms with Crippen LogP contribution in [0.1, 0.15) is 53.9 Å². The van der Waals surface area contributed by atoms with Crippen LogP contribution >= 0.6 is 0 Å². The number of nitrogens with zero attached hydrogens (tertiary/aromatic N) is 1. The van der Waals surface area contributed by atoms with E-state index in [9.17, 15) is 9.59 Å². The molecule has 0 atom stereocenters. The Morgan fingerprint density at radius 3 is 2.26 bits per heavy atom. The Balaban J connectivity index is 3.59. The molecule has 0 saturated heterocycles. The molecule has 0 aliphatic rings. The average molecular weight is 328 g/mol. The van der Waals surface area contributed by atoms with Crippen molar-refractivity contribution in [2.45, 2.75) is 53.9 Å². The molecule has 0 heterocycles. The number of rotatable bonds is 12. The lowest BCUT2D eigenvalue weighted by atomic mass is 9.92. The van der Waals surface area contributed by atoms with Crippen LogP contribution in [-0.4, -0.2) is 56.4 Å². The van der Waals surface area contributed by atoms with E-state index >= 15 is 0 Å². The van der Waals surface area contributed by atoms with Gasteiger partial charge in [-0.3, -0.25) is 9.59 Å². The third-order valence-corrected chi connectivity index (χ3v) is 3.50. The predicted octanol–water partition coefficient (Wildman–Crippen LogP) is 2.07. The third kappa shape index (κ3) is 15.7. The summed E-state index contributed by atoms with van der Waals surface area (Å²) in [4.78, 5) is 25.5. The van der Waals surface area contributed by atoms with E-state index in [0.29, 0.717) is 31.8 Å². The zero-order valence-electron chi connectivity index (χ0n) is 16.0. The van der Waals surface area contributed by atoms with Gasteiger partial charge in [-0.25, -0.2) is 0 Å². The van der Waals surface area contributed by atoms with Crippen molar-refractivity contribution in [3.63, 3.8) is 0 Å². The summed E-state index contributed by atoms with van der Waals surface area (Å²) in [6.45, 7) is 14.1. The molecule has 0 bridgehead atoms. The second kappa shape index (κ2) is 11.6. The summed E-state index contributed by atoms with van der Waals surface area (Å²) in [5.41, 5.74) is 0.0298. The molecule has 23 heavy (non-hydrogen) atoms. The van der Waals surface area contributed by atoms with Crippen LogP contribution in [0.4, 0.5) is 0 Å². The molecule has 0 unspecified atom stereocenters. The highest BCUT2D eigenvalue weighted by molar-refractivity contribution is 5.80. The zero-order chi connectivity index (χ0) is 17.9. The van der Waals surface area contributed by atoms with Crippen LogP contribution in [0.25, 0.3) is 0 Å². The number of likely N-dealkylation sites (N-methyl/N-ethyl adjacent to an activating group) is 1. The van der Waals surface area contributed by atoms with Gasteiger partial charge < -0.3 is 15.5 Å². The van der Waals surface area contributed by atoms with Crippen LogP contribution in [0.15, 0.2) is 0 Å². The van der Waals surface area contributed by atoms with Crippen molar-refractivity contribution >= 4 is 11.7 Å². The normalized spacial score (nSPS) is 12.0. The van der Waals surface area contributed by atoms with Crippen LogP contribution in [0.3, 0.4) is 0 Å². The Labute approximate surface area is 142 Å². The molecule has 0 radical (unpaired) electrons. The first-order valence-corrected chi connectivity index (χ1v) is 8.78. The Bertz CT molecular complexity index is 349. The highest BCUT2D eigenvalue weighted by Gasteiger charge is 2.15. The molecule has 1 amide bonds. The minimum atomic E-state index is 0.0298. The van der Waals surface area contributed by atoms with Crippen LogP contribution in [0.5, 0.6) is 0 Å².